The lowest BCUT2D eigenvalue weighted by molar-refractivity contribution is -0.142. The van der Waals surface area contributed by atoms with Crippen LogP contribution in [0.25, 0.3) is 0 Å². The van der Waals surface area contributed by atoms with Gasteiger partial charge in [0.25, 0.3) is 0 Å². The van der Waals surface area contributed by atoms with E-state index >= 15 is 0 Å². The molecular formula is C17H17NO2. The number of carbonyl (C=O) groups excluding carboxylic acids is 2. The second-order valence-corrected chi connectivity index (χ2v) is 6.37. The SMILES string of the molecule is C[C@@]12C(=O)N(Cc3ccccc3)C(=O)[C@@H]1[C@H]1C=C[C@@H]2C1. The van der Waals surface area contributed by atoms with Crippen molar-refractivity contribution < 1.29 is 9.59 Å². The first kappa shape index (κ1) is 11.9. The van der Waals surface area contributed by atoms with Crippen molar-refractivity contribution in [1.29, 1.82) is 0 Å². The minimum absolute atomic E-state index is 0.0215. The van der Waals surface area contributed by atoms with Gasteiger partial charge in [0.05, 0.1) is 17.9 Å². The van der Waals surface area contributed by atoms with Crippen LogP contribution < -0.4 is 0 Å². The van der Waals surface area contributed by atoms with Crippen molar-refractivity contribution in [3.05, 3.63) is 48.0 Å². The summed E-state index contributed by atoms with van der Waals surface area (Å²) in [5.74, 6) is 0.428. The van der Waals surface area contributed by atoms with E-state index in [4.69, 9.17) is 0 Å². The number of amides is 2. The Morgan fingerprint density at radius 2 is 1.95 bits per heavy atom. The lowest BCUT2D eigenvalue weighted by Crippen LogP contribution is -2.37. The monoisotopic (exact) mass is 267 g/mol. The van der Waals surface area contributed by atoms with Crippen LogP contribution in [0, 0.1) is 23.2 Å². The summed E-state index contributed by atoms with van der Waals surface area (Å²) < 4.78 is 0. The van der Waals surface area contributed by atoms with Crippen molar-refractivity contribution in [2.75, 3.05) is 0 Å². The summed E-state index contributed by atoms with van der Waals surface area (Å²) in [6.07, 6.45) is 5.24. The van der Waals surface area contributed by atoms with Gasteiger partial charge >= 0.3 is 0 Å². The van der Waals surface area contributed by atoms with Gasteiger partial charge in [-0.05, 0) is 30.7 Å². The Morgan fingerprint density at radius 1 is 1.20 bits per heavy atom. The Hall–Kier alpha value is -1.90. The highest BCUT2D eigenvalue weighted by molar-refractivity contribution is 6.08. The van der Waals surface area contributed by atoms with Crippen LogP contribution in [0.1, 0.15) is 18.9 Å². The molecule has 0 spiro atoms. The van der Waals surface area contributed by atoms with E-state index in [2.05, 4.69) is 12.2 Å². The Bertz CT molecular complexity index is 621. The molecule has 4 atom stereocenters. The number of fused-ring (bicyclic) bond motifs is 5. The molecule has 102 valence electrons. The maximum atomic E-state index is 12.8. The molecule has 3 aliphatic rings. The van der Waals surface area contributed by atoms with Crippen LogP contribution >= 0.6 is 0 Å². The maximum absolute atomic E-state index is 12.8. The number of rotatable bonds is 2. The van der Waals surface area contributed by atoms with Gasteiger partial charge in [0.1, 0.15) is 0 Å². The zero-order chi connectivity index (χ0) is 13.9. The molecule has 2 bridgehead atoms. The summed E-state index contributed by atoms with van der Waals surface area (Å²) in [7, 11) is 0. The summed E-state index contributed by atoms with van der Waals surface area (Å²) in [6, 6.07) is 9.74. The molecule has 1 aliphatic heterocycles. The van der Waals surface area contributed by atoms with Gasteiger partial charge in [-0.1, -0.05) is 42.5 Å². The molecule has 3 nitrogen and oxygen atoms in total. The van der Waals surface area contributed by atoms with Crippen LogP contribution in [0.15, 0.2) is 42.5 Å². The van der Waals surface area contributed by atoms with Crippen LogP contribution in [0.2, 0.25) is 0 Å². The molecule has 4 rings (SSSR count). The fourth-order valence-corrected chi connectivity index (χ4v) is 4.30. The second-order valence-electron chi connectivity index (χ2n) is 6.37. The van der Waals surface area contributed by atoms with Crippen molar-refractivity contribution >= 4 is 11.8 Å². The number of carbonyl (C=O) groups is 2. The van der Waals surface area contributed by atoms with Crippen LogP contribution in [0.4, 0.5) is 0 Å². The van der Waals surface area contributed by atoms with Gasteiger partial charge in [0, 0.05) is 0 Å². The van der Waals surface area contributed by atoms with Gasteiger partial charge in [-0.3, -0.25) is 14.5 Å². The summed E-state index contributed by atoms with van der Waals surface area (Å²) in [5, 5.41) is 0. The number of nitrogens with zero attached hydrogens (tertiary/aromatic N) is 1. The van der Waals surface area contributed by atoms with Crippen LogP contribution in [-0.2, 0) is 16.1 Å². The predicted octanol–water partition coefficient (Wildman–Crippen LogP) is 2.38. The summed E-state index contributed by atoms with van der Waals surface area (Å²) >= 11 is 0. The zero-order valence-corrected chi connectivity index (χ0v) is 11.5. The molecule has 3 heteroatoms. The highest BCUT2D eigenvalue weighted by Crippen LogP contribution is 2.60. The molecule has 0 N–H and O–H groups in total. The van der Waals surface area contributed by atoms with Gasteiger partial charge in [0.2, 0.25) is 11.8 Å². The van der Waals surface area contributed by atoms with Gasteiger partial charge in [-0.15, -0.1) is 0 Å². The van der Waals surface area contributed by atoms with E-state index in [0.717, 1.165) is 12.0 Å². The summed E-state index contributed by atoms with van der Waals surface area (Å²) in [5.41, 5.74) is 0.517. The Labute approximate surface area is 118 Å². The minimum Gasteiger partial charge on any atom is -0.277 e. The smallest absolute Gasteiger partial charge is 0.236 e. The van der Waals surface area contributed by atoms with Crippen molar-refractivity contribution in [3.8, 4) is 0 Å². The Kier molecular flexibility index (Phi) is 2.27. The summed E-state index contributed by atoms with van der Waals surface area (Å²) in [4.78, 5) is 26.9. The fourth-order valence-electron chi connectivity index (χ4n) is 4.30. The molecule has 1 saturated carbocycles. The highest BCUT2D eigenvalue weighted by atomic mass is 16.2. The largest absolute Gasteiger partial charge is 0.277 e. The van der Waals surface area contributed by atoms with E-state index in [0.29, 0.717) is 6.54 Å². The molecule has 2 aliphatic carbocycles. The first-order chi connectivity index (χ1) is 9.62. The van der Waals surface area contributed by atoms with Gasteiger partial charge in [-0.25, -0.2) is 0 Å². The standard InChI is InChI=1S/C17H17NO2/c1-17-13-8-7-12(9-13)14(17)15(19)18(16(17)20)10-11-5-3-2-4-6-11/h2-8,12-14H,9-10H2,1H3/t12-,13+,14-,17-/m0/s1. The molecule has 1 saturated heterocycles. The molecule has 0 unspecified atom stereocenters. The maximum Gasteiger partial charge on any atom is 0.236 e. The first-order valence-corrected chi connectivity index (χ1v) is 7.20. The molecule has 2 amide bonds. The molecule has 20 heavy (non-hydrogen) atoms. The Morgan fingerprint density at radius 3 is 2.65 bits per heavy atom. The van der Waals surface area contributed by atoms with Crippen LogP contribution in [0.3, 0.4) is 0 Å². The van der Waals surface area contributed by atoms with E-state index in [9.17, 15) is 9.59 Å². The molecule has 0 aromatic heterocycles. The topological polar surface area (TPSA) is 37.4 Å². The van der Waals surface area contributed by atoms with E-state index in [1.165, 1.54) is 4.90 Å². The number of hydrogen-bond donors (Lipinski definition) is 0. The average molecular weight is 267 g/mol. The molecule has 1 aromatic carbocycles. The quantitative estimate of drug-likeness (QED) is 0.609. The Balaban J connectivity index is 1.68. The number of imide groups is 1. The van der Waals surface area contributed by atoms with Crippen molar-refractivity contribution in [1.82, 2.24) is 4.90 Å². The fraction of sp³-hybridized carbons (Fsp3) is 0.412. The van der Waals surface area contributed by atoms with E-state index in [1.807, 2.05) is 37.3 Å². The average Bonchev–Trinajstić information content (AvgIpc) is 3.08. The third-order valence-corrected chi connectivity index (χ3v) is 5.38. The molecule has 0 radical (unpaired) electrons. The first-order valence-electron chi connectivity index (χ1n) is 7.20. The normalized spacial score (nSPS) is 37.9. The minimum atomic E-state index is -0.495. The summed E-state index contributed by atoms with van der Waals surface area (Å²) in [6.45, 7) is 2.39. The number of hydrogen-bond acceptors (Lipinski definition) is 2. The molecular weight excluding hydrogens is 250 g/mol. The molecule has 2 fully saturated rings. The highest BCUT2D eigenvalue weighted by Gasteiger charge is 2.66. The van der Waals surface area contributed by atoms with E-state index in [-0.39, 0.29) is 29.6 Å². The van der Waals surface area contributed by atoms with Gasteiger partial charge in [0.15, 0.2) is 0 Å². The number of likely N-dealkylation sites (tertiary alicyclic amines) is 1. The predicted molar refractivity (Wildman–Crippen MR) is 74.3 cm³/mol. The van der Waals surface area contributed by atoms with Crippen molar-refractivity contribution in [2.24, 2.45) is 23.2 Å². The van der Waals surface area contributed by atoms with Gasteiger partial charge in [-0.2, -0.15) is 0 Å². The lowest BCUT2D eigenvalue weighted by Gasteiger charge is -2.28. The van der Waals surface area contributed by atoms with Crippen LogP contribution in [-0.4, -0.2) is 16.7 Å². The van der Waals surface area contributed by atoms with E-state index in [1.54, 1.807) is 0 Å². The third-order valence-electron chi connectivity index (χ3n) is 5.38. The van der Waals surface area contributed by atoms with Gasteiger partial charge < -0.3 is 0 Å². The van der Waals surface area contributed by atoms with Crippen LogP contribution in [0.5, 0.6) is 0 Å². The van der Waals surface area contributed by atoms with Crippen molar-refractivity contribution in [3.63, 3.8) is 0 Å². The second kappa shape index (κ2) is 3.81. The third kappa shape index (κ3) is 1.30. The molecule has 1 aromatic rings. The molecule has 1 heterocycles. The number of benzene rings is 1. The van der Waals surface area contributed by atoms with E-state index < -0.39 is 5.41 Å². The van der Waals surface area contributed by atoms with Crippen molar-refractivity contribution in [2.45, 2.75) is 19.9 Å². The number of allylic oxidation sites excluding steroid dienone is 2. The lowest BCUT2D eigenvalue weighted by atomic mass is 9.71. The zero-order valence-electron chi connectivity index (χ0n) is 11.5.